The molecule has 0 aliphatic heterocycles. The summed E-state index contributed by atoms with van der Waals surface area (Å²) >= 11 is 0. The molecule has 3 nitrogen and oxygen atoms in total. The van der Waals surface area contributed by atoms with Crippen molar-refractivity contribution in [2.24, 2.45) is 5.73 Å². The predicted octanol–water partition coefficient (Wildman–Crippen LogP) is 1.77. The minimum atomic E-state index is -0.362. The first-order chi connectivity index (χ1) is 7.65. The molecule has 0 heterocycles. The highest BCUT2D eigenvalue weighted by Gasteiger charge is 2.16. The normalized spacial score (nSPS) is 12.2. The minimum absolute atomic E-state index is 0.0192. The standard InChI is InChI=1S/C13H20N2O/c1-3-7-12(14)13(16)15(2)10-11-8-5-4-6-9-11/h4-6,8-9,12H,3,7,10,14H2,1-2H3. The molecule has 0 bridgehead atoms. The van der Waals surface area contributed by atoms with Crippen LogP contribution in [0.3, 0.4) is 0 Å². The van der Waals surface area contributed by atoms with Crippen molar-refractivity contribution in [3.63, 3.8) is 0 Å². The van der Waals surface area contributed by atoms with Crippen LogP contribution in [0, 0.1) is 0 Å². The first-order valence-electron chi connectivity index (χ1n) is 5.69. The third kappa shape index (κ3) is 3.66. The molecule has 0 spiro atoms. The lowest BCUT2D eigenvalue weighted by Crippen LogP contribution is -2.41. The van der Waals surface area contributed by atoms with Crippen LogP contribution in [0.2, 0.25) is 0 Å². The molecule has 0 saturated heterocycles. The Hall–Kier alpha value is -1.35. The Balaban J connectivity index is 2.52. The van der Waals surface area contributed by atoms with E-state index >= 15 is 0 Å². The van der Waals surface area contributed by atoms with Crippen LogP contribution in [0.4, 0.5) is 0 Å². The number of nitrogens with two attached hydrogens (primary N) is 1. The molecule has 1 atom stereocenters. The van der Waals surface area contributed by atoms with Crippen molar-refractivity contribution in [1.29, 1.82) is 0 Å². The Kier molecular flexibility index (Phi) is 4.99. The molecule has 0 aliphatic rings. The van der Waals surface area contributed by atoms with Crippen molar-refractivity contribution >= 4 is 5.91 Å². The molecule has 16 heavy (non-hydrogen) atoms. The van der Waals surface area contributed by atoms with Crippen molar-refractivity contribution in [3.8, 4) is 0 Å². The number of benzene rings is 1. The molecule has 0 aromatic heterocycles. The second-order valence-corrected chi connectivity index (χ2v) is 4.08. The molecule has 1 aromatic carbocycles. The van der Waals surface area contributed by atoms with E-state index in [2.05, 4.69) is 0 Å². The Bertz CT molecular complexity index is 324. The highest BCUT2D eigenvalue weighted by Crippen LogP contribution is 2.05. The van der Waals surface area contributed by atoms with Gasteiger partial charge in [-0.2, -0.15) is 0 Å². The quantitative estimate of drug-likeness (QED) is 0.822. The van der Waals surface area contributed by atoms with Crippen molar-refractivity contribution in [2.45, 2.75) is 32.4 Å². The molecule has 1 rings (SSSR count). The smallest absolute Gasteiger partial charge is 0.239 e. The van der Waals surface area contributed by atoms with Crippen molar-refractivity contribution < 1.29 is 4.79 Å². The summed E-state index contributed by atoms with van der Waals surface area (Å²) in [7, 11) is 1.80. The van der Waals surface area contributed by atoms with Gasteiger partial charge in [-0.25, -0.2) is 0 Å². The summed E-state index contributed by atoms with van der Waals surface area (Å²) in [5.41, 5.74) is 6.92. The molecule has 0 aliphatic carbocycles. The lowest BCUT2D eigenvalue weighted by atomic mass is 10.1. The van der Waals surface area contributed by atoms with Crippen molar-refractivity contribution in [3.05, 3.63) is 35.9 Å². The minimum Gasteiger partial charge on any atom is -0.340 e. The summed E-state index contributed by atoms with van der Waals surface area (Å²) in [5, 5.41) is 0. The molecule has 1 amide bonds. The third-order valence-electron chi connectivity index (χ3n) is 2.56. The molecular formula is C13H20N2O. The Morgan fingerprint density at radius 3 is 2.56 bits per heavy atom. The molecule has 3 heteroatoms. The van der Waals surface area contributed by atoms with Gasteiger partial charge in [0.15, 0.2) is 0 Å². The van der Waals surface area contributed by atoms with E-state index in [1.165, 1.54) is 0 Å². The van der Waals surface area contributed by atoms with Gasteiger partial charge in [-0.15, -0.1) is 0 Å². The van der Waals surface area contributed by atoms with Crippen LogP contribution in [0.25, 0.3) is 0 Å². The highest BCUT2D eigenvalue weighted by molar-refractivity contribution is 5.81. The van der Waals surface area contributed by atoms with E-state index in [1.807, 2.05) is 37.3 Å². The summed E-state index contributed by atoms with van der Waals surface area (Å²) in [6.07, 6.45) is 1.68. The average molecular weight is 220 g/mol. The maximum atomic E-state index is 11.8. The lowest BCUT2D eigenvalue weighted by molar-refractivity contribution is -0.131. The lowest BCUT2D eigenvalue weighted by Gasteiger charge is -2.21. The van der Waals surface area contributed by atoms with Gasteiger partial charge in [0, 0.05) is 13.6 Å². The van der Waals surface area contributed by atoms with E-state index in [1.54, 1.807) is 11.9 Å². The second-order valence-electron chi connectivity index (χ2n) is 4.08. The van der Waals surface area contributed by atoms with Gasteiger partial charge in [-0.3, -0.25) is 4.79 Å². The largest absolute Gasteiger partial charge is 0.340 e. The number of rotatable bonds is 5. The first-order valence-corrected chi connectivity index (χ1v) is 5.69. The van der Waals surface area contributed by atoms with Crippen LogP contribution in [0.15, 0.2) is 30.3 Å². The predicted molar refractivity (Wildman–Crippen MR) is 65.8 cm³/mol. The van der Waals surface area contributed by atoms with E-state index in [-0.39, 0.29) is 11.9 Å². The number of carbonyl (C=O) groups excluding carboxylic acids is 1. The number of amides is 1. The molecule has 2 N–H and O–H groups in total. The highest BCUT2D eigenvalue weighted by atomic mass is 16.2. The zero-order valence-electron chi connectivity index (χ0n) is 10.0. The molecule has 0 fully saturated rings. The number of likely N-dealkylation sites (N-methyl/N-ethyl adjacent to an activating group) is 1. The van der Waals surface area contributed by atoms with Gasteiger partial charge in [0.1, 0.15) is 0 Å². The average Bonchev–Trinajstić information content (AvgIpc) is 2.29. The molecule has 1 unspecified atom stereocenters. The van der Waals surface area contributed by atoms with Gasteiger partial charge < -0.3 is 10.6 Å². The van der Waals surface area contributed by atoms with Crippen LogP contribution >= 0.6 is 0 Å². The van der Waals surface area contributed by atoms with Gasteiger partial charge in [0.2, 0.25) is 5.91 Å². The number of carbonyl (C=O) groups is 1. The van der Waals surface area contributed by atoms with Crippen LogP contribution < -0.4 is 5.73 Å². The summed E-state index contributed by atoms with van der Waals surface area (Å²) < 4.78 is 0. The molecule has 0 saturated carbocycles. The molecule has 1 aromatic rings. The van der Waals surface area contributed by atoms with E-state index in [4.69, 9.17) is 5.73 Å². The van der Waals surface area contributed by atoms with Gasteiger partial charge in [-0.1, -0.05) is 43.7 Å². The van der Waals surface area contributed by atoms with E-state index < -0.39 is 0 Å². The van der Waals surface area contributed by atoms with Crippen LogP contribution in [0.5, 0.6) is 0 Å². The second kappa shape index (κ2) is 6.28. The van der Waals surface area contributed by atoms with Crippen molar-refractivity contribution in [1.82, 2.24) is 4.90 Å². The van der Waals surface area contributed by atoms with E-state index in [0.29, 0.717) is 6.54 Å². The van der Waals surface area contributed by atoms with E-state index in [0.717, 1.165) is 18.4 Å². The third-order valence-corrected chi connectivity index (χ3v) is 2.56. The van der Waals surface area contributed by atoms with Crippen LogP contribution in [-0.2, 0) is 11.3 Å². The summed E-state index contributed by atoms with van der Waals surface area (Å²) in [6.45, 7) is 2.65. The SMILES string of the molecule is CCCC(N)C(=O)N(C)Cc1ccccc1. The number of hydrogen-bond acceptors (Lipinski definition) is 2. The Morgan fingerprint density at radius 2 is 2.00 bits per heavy atom. The summed E-state index contributed by atoms with van der Waals surface area (Å²) in [6, 6.07) is 9.57. The zero-order valence-corrected chi connectivity index (χ0v) is 10.0. The van der Waals surface area contributed by atoms with Gasteiger partial charge in [0.25, 0.3) is 0 Å². The fourth-order valence-corrected chi connectivity index (χ4v) is 1.65. The number of hydrogen-bond donors (Lipinski definition) is 1. The maximum absolute atomic E-state index is 11.8. The fourth-order valence-electron chi connectivity index (χ4n) is 1.65. The summed E-state index contributed by atoms with van der Waals surface area (Å²) in [4.78, 5) is 13.5. The Morgan fingerprint density at radius 1 is 1.38 bits per heavy atom. The van der Waals surface area contributed by atoms with Crippen LogP contribution in [-0.4, -0.2) is 23.9 Å². The molecule has 0 radical (unpaired) electrons. The zero-order chi connectivity index (χ0) is 12.0. The Labute approximate surface area is 97.2 Å². The van der Waals surface area contributed by atoms with Gasteiger partial charge >= 0.3 is 0 Å². The first kappa shape index (κ1) is 12.7. The summed E-state index contributed by atoms with van der Waals surface area (Å²) in [5.74, 6) is 0.0192. The number of nitrogens with zero attached hydrogens (tertiary/aromatic N) is 1. The van der Waals surface area contributed by atoms with Gasteiger partial charge in [-0.05, 0) is 12.0 Å². The van der Waals surface area contributed by atoms with Crippen LogP contribution in [0.1, 0.15) is 25.3 Å². The molecule has 88 valence electrons. The fraction of sp³-hybridized carbons (Fsp3) is 0.462. The van der Waals surface area contributed by atoms with E-state index in [9.17, 15) is 4.79 Å². The maximum Gasteiger partial charge on any atom is 0.239 e. The van der Waals surface area contributed by atoms with Crippen molar-refractivity contribution in [2.75, 3.05) is 7.05 Å². The monoisotopic (exact) mass is 220 g/mol. The topological polar surface area (TPSA) is 46.3 Å². The molecular weight excluding hydrogens is 200 g/mol. The van der Waals surface area contributed by atoms with Gasteiger partial charge in [0.05, 0.1) is 6.04 Å².